The Kier molecular flexibility index (Phi) is 3.95. The largest absolute Gasteiger partial charge is 0.378 e. The molecule has 1 N–H and O–H groups in total. The first-order valence-corrected chi connectivity index (χ1v) is 7.27. The van der Waals surface area contributed by atoms with E-state index >= 15 is 0 Å². The average Bonchev–Trinajstić information content (AvgIpc) is 2.39. The lowest BCUT2D eigenvalue weighted by Crippen LogP contribution is -2.42. The van der Waals surface area contributed by atoms with Gasteiger partial charge in [-0.05, 0) is 24.3 Å². The van der Waals surface area contributed by atoms with E-state index in [-0.39, 0.29) is 11.8 Å². The number of Topliss-reactive ketones (excluding diaryl/α,β-unsaturated/α-hetero) is 1. The van der Waals surface area contributed by atoms with Gasteiger partial charge in [-0.15, -0.1) is 0 Å². The van der Waals surface area contributed by atoms with Crippen LogP contribution in [0, 0.1) is 0 Å². The molecule has 0 amide bonds. The van der Waals surface area contributed by atoms with Crippen LogP contribution in [0.2, 0.25) is 0 Å². The summed E-state index contributed by atoms with van der Waals surface area (Å²) in [6.45, 7) is 2.24. The second kappa shape index (κ2) is 5.85. The summed E-state index contributed by atoms with van der Waals surface area (Å²) in [7, 11) is 0. The fourth-order valence-electron chi connectivity index (χ4n) is 2.78. The SMILES string of the molecule is O=C(CC1COCCN1)c1ccc(C2CCC2)cc1. The lowest BCUT2D eigenvalue weighted by molar-refractivity contribution is 0.0676. The van der Waals surface area contributed by atoms with E-state index in [1.165, 1.54) is 24.8 Å². The summed E-state index contributed by atoms with van der Waals surface area (Å²) in [5.41, 5.74) is 2.22. The molecule has 1 aromatic rings. The van der Waals surface area contributed by atoms with E-state index in [0.717, 1.165) is 24.6 Å². The molecule has 0 bridgehead atoms. The maximum absolute atomic E-state index is 12.2. The molecule has 2 aliphatic rings. The zero-order chi connectivity index (χ0) is 13.1. The second-order valence-electron chi connectivity index (χ2n) is 5.60. The number of morpholine rings is 1. The van der Waals surface area contributed by atoms with Crippen molar-refractivity contribution < 1.29 is 9.53 Å². The number of hydrogen-bond donors (Lipinski definition) is 1. The Hall–Kier alpha value is -1.19. The summed E-state index contributed by atoms with van der Waals surface area (Å²) in [6, 6.07) is 8.40. The monoisotopic (exact) mass is 259 g/mol. The first-order chi connectivity index (χ1) is 9.33. The third-order valence-corrected chi connectivity index (χ3v) is 4.24. The van der Waals surface area contributed by atoms with E-state index in [2.05, 4.69) is 17.4 Å². The van der Waals surface area contributed by atoms with Gasteiger partial charge in [-0.2, -0.15) is 0 Å². The first-order valence-electron chi connectivity index (χ1n) is 7.27. The van der Waals surface area contributed by atoms with Gasteiger partial charge in [0.05, 0.1) is 13.2 Å². The Morgan fingerprint density at radius 1 is 1.26 bits per heavy atom. The number of nitrogens with one attached hydrogen (secondary N) is 1. The molecule has 1 unspecified atom stereocenters. The van der Waals surface area contributed by atoms with Crippen LogP contribution < -0.4 is 5.32 Å². The van der Waals surface area contributed by atoms with E-state index in [1.807, 2.05) is 12.1 Å². The minimum Gasteiger partial charge on any atom is -0.378 e. The predicted octanol–water partition coefficient (Wildman–Crippen LogP) is 2.52. The fraction of sp³-hybridized carbons (Fsp3) is 0.562. The minimum atomic E-state index is 0.174. The van der Waals surface area contributed by atoms with Gasteiger partial charge < -0.3 is 10.1 Å². The molecule has 1 aliphatic heterocycles. The van der Waals surface area contributed by atoms with Crippen molar-refractivity contribution >= 4 is 5.78 Å². The number of benzene rings is 1. The van der Waals surface area contributed by atoms with Crippen LogP contribution in [-0.4, -0.2) is 31.6 Å². The second-order valence-corrected chi connectivity index (χ2v) is 5.60. The number of carbonyl (C=O) groups excluding carboxylic acids is 1. The molecule has 102 valence electrons. The van der Waals surface area contributed by atoms with E-state index in [4.69, 9.17) is 4.74 Å². The Bertz CT molecular complexity index is 431. The zero-order valence-corrected chi connectivity index (χ0v) is 11.2. The molecule has 0 aromatic heterocycles. The standard InChI is InChI=1S/C16H21NO2/c18-16(10-15-11-19-9-8-17-15)14-6-4-13(5-7-14)12-2-1-3-12/h4-7,12,15,17H,1-3,8-11H2. The quantitative estimate of drug-likeness (QED) is 0.844. The smallest absolute Gasteiger partial charge is 0.164 e. The zero-order valence-electron chi connectivity index (χ0n) is 11.2. The van der Waals surface area contributed by atoms with Gasteiger partial charge in [0.15, 0.2) is 5.78 Å². The summed E-state index contributed by atoms with van der Waals surface area (Å²) < 4.78 is 5.38. The molecule has 0 radical (unpaired) electrons. The summed E-state index contributed by atoms with van der Waals surface area (Å²) in [4.78, 5) is 12.2. The topological polar surface area (TPSA) is 38.3 Å². The van der Waals surface area contributed by atoms with Crippen LogP contribution in [0.15, 0.2) is 24.3 Å². The average molecular weight is 259 g/mol. The number of hydrogen-bond acceptors (Lipinski definition) is 3. The van der Waals surface area contributed by atoms with Gasteiger partial charge in [0.1, 0.15) is 0 Å². The van der Waals surface area contributed by atoms with Crippen LogP contribution in [-0.2, 0) is 4.74 Å². The molecule has 1 heterocycles. The summed E-state index contributed by atoms with van der Waals surface area (Å²) in [5.74, 6) is 0.945. The van der Waals surface area contributed by atoms with Gasteiger partial charge in [0.25, 0.3) is 0 Å². The van der Waals surface area contributed by atoms with Gasteiger partial charge in [0.2, 0.25) is 0 Å². The summed E-state index contributed by atoms with van der Waals surface area (Å²) in [5, 5.41) is 3.32. The van der Waals surface area contributed by atoms with Crippen molar-refractivity contribution in [3.8, 4) is 0 Å². The molecular formula is C16H21NO2. The number of rotatable bonds is 4. The predicted molar refractivity (Wildman–Crippen MR) is 74.6 cm³/mol. The molecule has 1 atom stereocenters. The van der Waals surface area contributed by atoms with E-state index in [0.29, 0.717) is 13.0 Å². The van der Waals surface area contributed by atoms with Crippen LogP contribution in [0.3, 0.4) is 0 Å². The van der Waals surface area contributed by atoms with E-state index in [1.54, 1.807) is 0 Å². The highest BCUT2D eigenvalue weighted by Gasteiger charge is 2.20. The van der Waals surface area contributed by atoms with Crippen LogP contribution >= 0.6 is 0 Å². The molecule has 1 saturated heterocycles. The summed E-state index contributed by atoms with van der Waals surface area (Å²) >= 11 is 0. The van der Waals surface area contributed by atoms with Crippen molar-refractivity contribution in [3.63, 3.8) is 0 Å². The van der Waals surface area contributed by atoms with Gasteiger partial charge >= 0.3 is 0 Å². The van der Waals surface area contributed by atoms with E-state index in [9.17, 15) is 4.79 Å². The van der Waals surface area contributed by atoms with Crippen LogP contribution in [0.4, 0.5) is 0 Å². The van der Waals surface area contributed by atoms with Crippen LogP contribution in [0.25, 0.3) is 0 Å². The van der Waals surface area contributed by atoms with E-state index < -0.39 is 0 Å². The van der Waals surface area contributed by atoms with Crippen molar-refractivity contribution in [1.82, 2.24) is 5.32 Å². The highest BCUT2D eigenvalue weighted by Crippen LogP contribution is 2.36. The highest BCUT2D eigenvalue weighted by atomic mass is 16.5. The van der Waals surface area contributed by atoms with Gasteiger partial charge in [-0.3, -0.25) is 4.79 Å². The van der Waals surface area contributed by atoms with Crippen molar-refractivity contribution in [2.24, 2.45) is 0 Å². The van der Waals surface area contributed by atoms with Gasteiger partial charge in [-0.25, -0.2) is 0 Å². The molecule has 1 saturated carbocycles. The third-order valence-electron chi connectivity index (χ3n) is 4.24. The number of ether oxygens (including phenoxy) is 1. The summed E-state index contributed by atoms with van der Waals surface area (Å²) in [6.07, 6.45) is 4.48. The van der Waals surface area contributed by atoms with Crippen molar-refractivity contribution in [3.05, 3.63) is 35.4 Å². The Morgan fingerprint density at radius 2 is 2.05 bits per heavy atom. The minimum absolute atomic E-state index is 0.174. The molecule has 3 rings (SSSR count). The van der Waals surface area contributed by atoms with Crippen molar-refractivity contribution in [1.29, 1.82) is 0 Å². The van der Waals surface area contributed by atoms with Gasteiger partial charge in [-0.1, -0.05) is 30.7 Å². The lowest BCUT2D eigenvalue weighted by Gasteiger charge is -2.26. The number of carbonyl (C=O) groups is 1. The maximum Gasteiger partial charge on any atom is 0.164 e. The molecule has 3 heteroatoms. The molecule has 0 spiro atoms. The van der Waals surface area contributed by atoms with Crippen LogP contribution in [0.1, 0.15) is 47.5 Å². The molecule has 19 heavy (non-hydrogen) atoms. The maximum atomic E-state index is 12.2. The van der Waals surface area contributed by atoms with Crippen LogP contribution in [0.5, 0.6) is 0 Å². The molecular weight excluding hydrogens is 238 g/mol. The number of ketones is 1. The van der Waals surface area contributed by atoms with Crippen molar-refractivity contribution in [2.75, 3.05) is 19.8 Å². The third kappa shape index (κ3) is 3.04. The first kappa shape index (κ1) is 12.8. The molecule has 1 aromatic carbocycles. The Morgan fingerprint density at radius 3 is 2.63 bits per heavy atom. The van der Waals surface area contributed by atoms with Crippen molar-refractivity contribution in [2.45, 2.75) is 37.6 Å². The molecule has 1 aliphatic carbocycles. The molecule has 2 fully saturated rings. The Labute approximate surface area is 114 Å². The van der Waals surface area contributed by atoms with Gasteiger partial charge in [0, 0.05) is 24.6 Å². The lowest BCUT2D eigenvalue weighted by atomic mass is 9.80. The Balaban J connectivity index is 1.59. The molecule has 3 nitrogen and oxygen atoms in total. The normalized spacial score (nSPS) is 23.9. The fourth-order valence-corrected chi connectivity index (χ4v) is 2.78. The highest BCUT2D eigenvalue weighted by molar-refractivity contribution is 5.96.